The predicted molar refractivity (Wildman–Crippen MR) is 165 cm³/mol. The van der Waals surface area contributed by atoms with E-state index in [1.807, 2.05) is 42.5 Å². The Morgan fingerprint density at radius 3 is 2.24 bits per heavy atom. The van der Waals surface area contributed by atoms with Crippen molar-refractivity contribution in [2.75, 3.05) is 14.2 Å². The number of hydrogen-bond acceptors (Lipinski definition) is 8. The van der Waals surface area contributed by atoms with Gasteiger partial charge < -0.3 is 14.6 Å². The molecule has 2 fully saturated rings. The fraction of sp³-hybridized carbons (Fsp3) is 0.270. The average Bonchev–Trinajstić information content (AvgIpc) is 3.35. The first-order valence-corrected chi connectivity index (χ1v) is 15.2. The van der Waals surface area contributed by atoms with Gasteiger partial charge >= 0.3 is 6.09 Å². The minimum Gasteiger partial charge on any atom is -0.504 e. The third-order valence-electron chi connectivity index (χ3n) is 10.3. The molecule has 3 amide bonds. The number of fused-ring (bicyclic) bond motifs is 4. The number of ether oxygens (including phenoxy) is 2. The van der Waals surface area contributed by atoms with Crippen LogP contribution in [-0.2, 0) is 29.3 Å². The van der Waals surface area contributed by atoms with Gasteiger partial charge in [-0.1, -0.05) is 84.4 Å². The van der Waals surface area contributed by atoms with Crippen molar-refractivity contribution in [1.29, 1.82) is 0 Å². The maximum atomic E-state index is 15.0. The molecule has 1 saturated heterocycles. The predicted octanol–water partition coefficient (Wildman–Crippen LogP) is 4.99. The number of amides is 3. The third kappa shape index (κ3) is 3.97. The minimum atomic E-state index is -1.50. The quantitative estimate of drug-likeness (QED) is 0.321. The Labute approximate surface area is 265 Å². The Hall–Kier alpha value is -5.31. The van der Waals surface area contributed by atoms with E-state index >= 15 is 0 Å². The van der Waals surface area contributed by atoms with E-state index in [1.165, 1.54) is 13.2 Å². The molecule has 3 aromatic carbocycles. The van der Waals surface area contributed by atoms with Crippen LogP contribution in [0.15, 0.2) is 96.6 Å². The van der Waals surface area contributed by atoms with E-state index in [0.717, 1.165) is 7.11 Å². The van der Waals surface area contributed by atoms with Crippen LogP contribution in [0.25, 0.3) is 5.57 Å². The normalized spacial score (nSPS) is 28.5. The Bertz CT molecular complexity index is 1860. The van der Waals surface area contributed by atoms with Crippen molar-refractivity contribution in [3.63, 3.8) is 0 Å². The number of phenols is 1. The number of para-hydroxylation sites is 1. The third-order valence-corrected chi connectivity index (χ3v) is 10.3. The summed E-state index contributed by atoms with van der Waals surface area (Å²) in [5.41, 5.74) is 0.983. The van der Waals surface area contributed by atoms with E-state index < -0.39 is 52.9 Å². The van der Waals surface area contributed by atoms with E-state index in [4.69, 9.17) is 9.47 Å². The fourth-order valence-electron chi connectivity index (χ4n) is 8.43. The van der Waals surface area contributed by atoms with Gasteiger partial charge in [-0.2, -0.15) is 4.90 Å². The number of imide groups is 3. The number of carbonyl (C=O) groups excluding carboxylic acids is 5. The molecule has 0 bridgehead atoms. The number of rotatable bonds is 4. The summed E-state index contributed by atoms with van der Waals surface area (Å²) >= 11 is 0. The van der Waals surface area contributed by atoms with Crippen LogP contribution in [0, 0.1) is 23.7 Å². The van der Waals surface area contributed by atoms with Gasteiger partial charge in [0.25, 0.3) is 0 Å². The van der Waals surface area contributed by atoms with Crippen molar-refractivity contribution < 1.29 is 38.6 Å². The van der Waals surface area contributed by atoms with Gasteiger partial charge in [-0.3, -0.25) is 19.2 Å². The molecule has 9 nitrogen and oxygen atoms in total. The lowest BCUT2D eigenvalue weighted by Gasteiger charge is -2.55. The number of benzene rings is 3. The first-order valence-electron chi connectivity index (χ1n) is 15.2. The molecule has 46 heavy (non-hydrogen) atoms. The number of likely N-dealkylation sites (tertiary alicyclic amines) is 1. The van der Waals surface area contributed by atoms with Crippen LogP contribution in [0.2, 0.25) is 0 Å². The molecule has 1 saturated carbocycles. The Kier molecular flexibility index (Phi) is 6.99. The highest BCUT2D eigenvalue weighted by molar-refractivity contribution is 6.31. The molecule has 0 spiro atoms. The summed E-state index contributed by atoms with van der Waals surface area (Å²) in [6.07, 6.45) is 2.43. The fourth-order valence-corrected chi connectivity index (χ4v) is 8.43. The highest BCUT2D eigenvalue weighted by atomic mass is 16.5. The number of ketones is 2. The molecule has 6 atom stereocenters. The Balaban J connectivity index is 1.52. The highest BCUT2D eigenvalue weighted by Gasteiger charge is 2.66. The largest absolute Gasteiger partial charge is 0.504 e. The van der Waals surface area contributed by atoms with Crippen molar-refractivity contribution in [3.8, 4) is 11.5 Å². The Morgan fingerprint density at radius 1 is 0.870 bits per heavy atom. The van der Waals surface area contributed by atoms with Crippen molar-refractivity contribution >= 4 is 35.0 Å². The molecule has 1 heterocycles. The smallest absolute Gasteiger partial charge is 0.423 e. The van der Waals surface area contributed by atoms with Gasteiger partial charge in [-0.05, 0) is 42.0 Å². The van der Waals surface area contributed by atoms with Crippen LogP contribution in [0.3, 0.4) is 0 Å². The van der Waals surface area contributed by atoms with Crippen LogP contribution in [-0.4, -0.2) is 53.7 Å². The number of phenolic OH excluding ortho intramolecular Hbond substituents is 1. The zero-order valence-corrected chi connectivity index (χ0v) is 25.2. The number of Topliss-reactive ketones (excluding diaryl/α,β-unsaturated/α-hetero) is 1. The molecule has 3 aromatic rings. The number of nitrogens with zero attached hydrogens (tertiary/aromatic N) is 1. The van der Waals surface area contributed by atoms with E-state index in [2.05, 4.69) is 0 Å². The molecular formula is C37H31NO8. The molecule has 4 aliphatic rings. The lowest BCUT2D eigenvalue weighted by atomic mass is 9.44. The first kappa shape index (κ1) is 29.4. The molecular weight excluding hydrogens is 586 g/mol. The van der Waals surface area contributed by atoms with E-state index in [0.29, 0.717) is 27.2 Å². The molecule has 3 aliphatic carbocycles. The van der Waals surface area contributed by atoms with Crippen molar-refractivity contribution in [2.24, 2.45) is 23.7 Å². The summed E-state index contributed by atoms with van der Waals surface area (Å²) < 4.78 is 10.3. The molecule has 0 aromatic heterocycles. The number of carbonyl (C=O) groups is 5. The number of allylic oxidation sites excluding steroid dienone is 4. The van der Waals surface area contributed by atoms with Crippen molar-refractivity contribution in [3.05, 3.63) is 113 Å². The molecule has 9 heteroatoms. The second kappa shape index (κ2) is 10.9. The number of aromatic hydroxyl groups is 1. The molecule has 232 valence electrons. The lowest BCUT2D eigenvalue weighted by molar-refractivity contribution is -0.138. The standard InChI is InChI=1S/C37H31NO8/c1-45-28-15-9-14-24(33(28)41)31-22-16-17-23-30(35(43)38(34(23)42)36(44)46-2)26(22)18-27-32(40)25(20-10-5-3-6-11-20)19-29(39)37(27,31)21-12-7-4-8-13-21/h3-16,19,23,26-27,30-31,41H,17-18H2,1-2H3/t23-,26+,27-,30-,31+,37-/m0/s1. The van der Waals surface area contributed by atoms with Crippen LogP contribution in [0.5, 0.6) is 11.5 Å². The summed E-state index contributed by atoms with van der Waals surface area (Å²) in [7, 11) is 2.53. The van der Waals surface area contributed by atoms with Crippen LogP contribution in [0.1, 0.15) is 35.4 Å². The topological polar surface area (TPSA) is 127 Å². The molecule has 0 unspecified atom stereocenters. The number of hydrogen-bond donors (Lipinski definition) is 1. The second-order valence-corrected chi connectivity index (χ2v) is 12.2. The van der Waals surface area contributed by atoms with E-state index in [1.54, 1.807) is 42.5 Å². The van der Waals surface area contributed by atoms with Gasteiger partial charge in [0.05, 0.1) is 31.5 Å². The zero-order chi connectivity index (χ0) is 32.3. The van der Waals surface area contributed by atoms with Gasteiger partial charge in [-0.15, -0.1) is 0 Å². The maximum absolute atomic E-state index is 15.0. The van der Waals surface area contributed by atoms with Crippen LogP contribution in [0.4, 0.5) is 4.79 Å². The summed E-state index contributed by atoms with van der Waals surface area (Å²) in [6, 6.07) is 23.1. The van der Waals surface area contributed by atoms with Gasteiger partial charge in [0.2, 0.25) is 11.8 Å². The van der Waals surface area contributed by atoms with Crippen molar-refractivity contribution in [1.82, 2.24) is 4.90 Å². The van der Waals surface area contributed by atoms with E-state index in [9.17, 15) is 29.1 Å². The first-order chi connectivity index (χ1) is 22.2. The molecule has 1 N–H and O–H groups in total. The van der Waals surface area contributed by atoms with Crippen LogP contribution >= 0.6 is 0 Å². The summed E-state index contributed by atoms with van der Waals surface area (Å²) in [4.78, 5) is 70.3. The van der Waals surface area contributed by atoms with Gasteiger partial charge in [0.15, 0.2) is 23.1 Å². The number of methoxy groups -OCH3 is 2. The SMILES string of the molecule is COC(=O)N1C(=O)[C@H]2[C@H](CC=C3[C@H]2C[C@H]2C(=O)C(c4ccccc4)=CC(=O)[C@@]2(c2ccccc2)[C@H]3c2cccc(OC)c2O)C1=O. The summed E-state index contributed by atoms with van der Waals surface area (Å²) in [5, 5.41) is 11.6. The van der Waals surface area contributed by atoms with Crippen molar-refractivity contribution in [2.45, 2.75) is 24.2 Å². The van der Waals surface area contributed by atoms with Gasteiger partial charge in [0, 0.05) is 23.0 Å². The summed E-state index contributed by atoms with van der Waals surface area (Å²) in [6.45, 7) is 0. The minimum absolute atomic E-state index is 0.0753. The highest BCUT2D eigenvalue weighted by Crippen LogP contribution is 2.64. The van der Waals surface area contributed by atoms with Crippen LogP contribution < -0.4 is 4.74 Å². The molecule has 7 rings (SSSR count). The van der Waals surface area contributed by atoms with E-state index in [-0.39, 0.29) is 41.5 Å². The summed E-state index contributed by atoms with van der Waals surface area (Å²) in [5.74, 6) is -6.26. The lowest BCUT2D eigenvalue weighted by Crippen LogP contribution is -2.58. The monoisotopic (exact) mass is 617 g/mol. The average molecular weight is 618 g/mol. The van der Waals surface area contributed by atoms with Gasteiger partial charge in [0.1, 0.15) is 0 Å². The maximum Gasteiger partial charge on any atom is 0.423 e. The second-order valence-electron chi connectivity index (χ2n) is 12.2. The van der Waals surface area contributed by atoms with Gasteiger partial charge in [-0.25, -0.2) is 4.79 Å². The molecule has 0 radical (unpaired) electrons. The Morgan fingerprint density at radius 2 is 1.57 bits per heavy atom. The molecule has 1 aliphatic heterocycles. The zero-order valence-electron chi connectivity index (χ0n) is 25.2.